The first-order valence-corrected chi connectivity index (χ1v) is 9.95. The van der Waals surface area contributed by atoms with Crippen LogP contribution in [-0.4, -0.2) is 29.9 Å². The maximum absolute atomic E-state index is 12.7. The molecule has 1 aliphatic carbocycles. The van der Waals surface area contributed by atoms with Crippen LogP contribution in [0.3, 0.4) is 0 Å². The molecule has 0 heterocycles. The van der Waals surface area contributed by atoms with Crippen molar-refractivity contribution in [3.05, 3.63) is 59.7 Å². The highest BCUT2D eigenvalue weighted by Crippen LogP contribution is 2.52. The van der Waals surface area contributed by atoms with Gasteiger partial charge >= 0.3 is 6.09 Å². The van der Waals surface area contributed by atoms with E-state index >= 15 is 0 Å². The number of benzene rings is 2. The molecule has 0 spiro atoms. The summed E-state index contributed by atoms with van der Waals surface area (Å²) in [5.41, 5.74) is 3.84. The molecule has 0 bridgehead atoms. The van der Waals surface area contributed by atoms with E-state index in [4.69, 9.17) is 4.74 Å². The van der Waals surface area contributed by atoms with Gasteiger partial charge in [0.25, 0.3) is 0 Å². The molecule has 2 aromatic rings. The SMILES string of the molecule is CCN(C)C(=O)OC1(CCCCBr)c2ccccc2-c2ccccc21. The number of carbonyl (C=O) groups excluding carboxylic acids is 1. The number of amides is 1. The predicted octanol–water partition coefficient (Wildman–Crippen LogP) is 5.56. The number of ether oxygens (including phenoxy) is 1. The molecule has 1 amide bonds. The zero-order valence-electron chi connectivity index (χ0n) is 14.8. The number of alkyl halides is 1. The van der Waals surface area contributed by atoms with Gasteiger partial charge in [-0.3, -0.25) is 0 Å². The van der Waals surface area contributed by atoms with Crippen LogP contribution in [0.15, 0.2) is 48.5 Å². The lowest BCUT2D eigenvalue weighted by molar-refractivity contribution is 0.0140. The number of rotatable bonds is 6. The smallest absolute Gasteiger partial charge is 0.410 e. The number of fused-ring (bicyclic) bond motifs is 3. The van der Waals surface area contributed by atoms with E-state index < -0.39 is 5.60 Å². The molecule has 0 radical (unpaired) electrons. The maximum Gasteiger partial charge on any atom is 0.410 e. The van der Waals surface area contributed by atoms with Gasteiger partial charge in [0.05, 0.1) is 0 Å². The molecule has 0 saturated heterocycles. The summed E-state index contributed by atoms with van der Waals surface area (Å²) >= 11 is 3.51. The molecule has 0 N–H and O–H groups in total. The molecule has 3 nitrogen and oxygen atoms in total. The summed E-state index contributed by atoms with van der Waals surface area (Å²) in [6.45, 7) is 2.58. The van der Waals surface area contributed by atoms with Crippen molar-refractivity contribution in [1.29, 1.82) is 0 Å². The Morgan fingerprint density at radius 2 is 1.60 bits per heavy atom. The molecule has 4 heteroatoms. The summed E-state index contributed by atoms with van der Waals surface area (Å²) in [6.07, 6.45) is 2.55. The molecule has 3 rings (SSSR count). The largest absolute Gasteiger partial charge is 0.433 e. The highest BCUT2D eigenvalue weighted by molar-refractivity contribution is 9.09. The van der Waals surface area contributed by atoms with Gasteiger partial charge in [-0.25, -0.2) is 4.79 Å². The molecule has 1 aliphatic rings. The first-order valence-electron chi connectivity index (χ1n) is 8.83. The quantitative estimate of drug-likeness (QED) is 0.467. The average molecular weight is 402 g/mol. The first-order chi connectivity index (χ1) is 12.1. The van der Waals surface area contributed by atoms with Gasteiger partial charge in [-0.05, 0) is 37.3 Å². The summed E-state index contributed by atoms with van der Waals surface area (Å²) in [7, 11) is 1.78. The first kappa shape index (κ1) is 18.0. The standard InChI is InChI=1S/C21H24BrNO2/c1-3-23(2)20(24)25-21(14-8-9-15-22)18-12-6-4-10-16(18)17-11-5-7-13-19(17)21/h4-7,10-13H,3,8-9,14-15H2,1-2H3. The molecule has 0 saturated carbocycles. The highest BCUT2D eigenvalue weighted by Gasteiger charge is 2.46. The molecule has 0 atom stereocenters. The number of carbonyl (C=O) groups is 1. The van der Waals surface area contributed by atoms with Crippen molar-refractivity contribution in [2.24, 2.45) is 0 Å². The second-order valence-corrected chi connectivity index (χ2v) is 7.24. The van der Waals surface area contributed by atoms with E-state index in [1.807, 2.05) is 31.2 Å². The molecule has 0 aromatic heterocycles. The van der Waals surface area contributed by atoms with Crippen molar-refractivity contribution in [1.82, 2.24) is 4.90 Å². The van der Waals surface area contributed by atoms with E-state index in [1.165, 1.54) is 11.1 Å². The molecule has 0 unspecified atom stereocenters. The normalized spacial score (nSPS) is 13.9. The Morgan fingerprint density at radius 1 is 1.04 bits per heavy atom. The predicted molar refractivity (Wildman–Crippen MR) is 105 cm³/mol. The van der Waals surface area contributed by atoms with Crippen LogP contribution in [0.2, 0.25) is 0 Å². The van der Waals surface area contributed by atoms with Crippen LogP contribution >= 0.6 is 15.9 Å². The van der Waals surface area contributed by atoms with E-state index in [-0.39, 0.29) is 6.09 Å². The zero-order valence-corrected chi connectivity index (χ0v) is 16.4. The van der Waals surface area contributed by atoms with E-state index in [9.17, 15) is 4.79 Å². The molecular weight excluding hydrogens is 378 g/mol. The second kappa shape index (κ2) is 7.61. The Balaban J connectivity index is 2.11. The average Bonchev–Trinajstić information content (AvgIpc) is 2.92. The third-order valence-corrected chi connectivity index (χ3v) is 5.54. The van der Waals surface area contributed by atoms with Gasteiger partial charge in [0.2, 0.25) is 0 Å². The molecule has 0 fully saturated rings. The van der Waals surface area contributed by atoms with E-state index in [0.29, 0.717) is 6.54 Å². The van der Waals surface area contributed by atoms with Crippen molar-refractivity contribution < 1.29 is 9.53 Å². The van der Waals surface area contributed by atoms with E-state index in [2.05, 4.69) is 40.2 Å². The minimum Gasteiger partial charge on any atom is -0.433 e. The van der Waals surface area contributed by atoms with Crippen LogP contribution in [0, 0.1) is 0 Å². The van der Waals surface area contributed by atoms with Crippen LogP contribution < -0.4 is 0 Å². The van der Waals surface area contributed by atoms with Gasteiger partial charge in [0.15, 0.2) is 5.60 Å². The highest BCUT2D eigenvalue weighted by atomic mass is 79.9. The number of hydrogen-bond acceptors (Lipinski definition) is 2. The Labute approximate surface area is 158 Å². The van der Waals surface area contributed by atoms with Gasteiger partial charge in [-0.1, -0.05) is 64.5 Å². The van der Waals surface area contributed by atoms with Gasteiger partial charge < -0.3 is 9.64 Å². The fourth-order valence-electron chi connectivity index (χ4n) is 3.54. The topological polar surface area (TPSA) is 29.5 Å². The van der Waals surface area contributed by atoms with Gasteiger partial charge in [0.1, 0.15) is 0 Å². The van der Waals surface area contributed by atoms with E-state index in [1.54, 1.807) is 11.9 Å². The van der Waals surface area contributed by atoms with Crippen LogP contribution in [-0.2, 0) is 10.3 Å². The molecule has 132 valence electrons. The Hall–Kier alpha value is -1.81. The van der Waals surface area contributed by atoms with Crippen molar-refractivity contribution in [3.8, 4) is 11.1 Å². The lowest BCUT2D eigenvalue weighted by Crippen LogP contribution is -2.38. The minimum atomic E-state index is -0.699. The van der Waals surface area contributed by atoms with E-state index in [0.717, 1.165) is 35.7 Å². The second-order valence-electron chi connectivity index (χ2n) is 6.45. The Morgan fingerprint density at radius 3 is 2.12 bits per heavy atom. The maximum atomic E-state index is 12.7. The summed E-state index contributed by atoms with van der Waals surface area (Å²) in [5, 5.41) is 0.954. The zero-order chi connectivity index (χ0) is 17.9. The lowest BCUT2D eigenvalue weighted by atomic mass is 9.86. The van der Waals surface area contributed by atoms with Crippen molar-refractivity contribution in [2.45, 2.75) is 31.8 Å². The third kappa shape index (κ3) is 3.20. The lowest BCUT2D eigenvalue weighted by Gasteiger charge is -2.33. The van der Waals surface area contributed by atoms with Gasteiger partial charge in [0, 0.05) is 30.0 Å². The summed E-state index contributed by atoms with van der Waals surface area (Å²) in [5.74, 6) is 0. The Bertz CT molecular complexity index is 714. The van der Waals surface area contributed by atoms with Crippen LogP contribution in [0.4, 0.5) is 4.79 Å². The number of nitrogens with zero attached hydrogens (tertiary/aromatic N) is 1. The minimum absolute atomic E-state index is 0.271. The number of halogens is 1. The van der Waals surface area contributed by atoms with Crippen LogP contribution in [0.5, 0.6) is 0 Å². The fraction of sp³-hybridized carbons (Fsp3) is 0.381. The molecule has 25 heavy (non-hydrogen) atoms. The van der Waals surface area contributed by atoms with Gasteiger partial charge in [-0.2, -0.15) is 0 Å². The third-order valence-electron chi connectivity index (χ3n) is 4.97. The number of hydrogen-bond donors (Lipinski definition) is 0. The Kier molecular flexibility index (Phi) is 5.48. The fourth-order valence-corrected chi connectivity index (χ4v) is 3.94. The van der Waals surface area contributed by atoms with Crippen LogP contribution in [0.1, 0.15) is 37.3 Å². The molecular formula is C21H24BrNO2. The summed E-state index contributed by atoms with van der Waals surface area (Å²) < 4.78 is 6.22. The van der Waals surface area contributed by atoms with Gasteiger partial charge in [-0.15, -0.1) is 0 Å². The van der Waals surface area contributed by atoms with Crippen molar-refractivity contribution in [2.75, 3.05) is 18.9 Å². The summed E-state index contributed by atoms with van der Waals surface area (Å²) in [6, 6.07) is 16.6. The summed E-state index contributed by atoms with van der Waals surface area (Å²) in [4.78, 5) is 14.3. The number of unbranched alkanes of at least 4 members (excludes halogenated alkanes) is 1. The van der Waals surface area contributed by atoms with Crippen molar-refractivity contribution in [3.63, 3.8) is 0 Å². The van der Waals surface area contributed by atoms with Crippen LogP contribution in [0.25, 0.3) is 11.1 Å². The van der Waals surface area contributed by atoms with Crippen molar-refractivity contribution >= 4 is 22.0 Å². The molecule has 0 aliphatic heterocycles. The molecule has 2 aromatic carbocycles. The monoisotopic (exact) mass is 401 g/mol.